The maximum Gasteiger partial charge on any atom is 0.358 e. The summed E-state index contributed by atoms with van der Waals surface area (Å²) < 4.78 is 39.2. The number of methoxy groups -OCH3 is 1. The lowest BCUT2D eigenvalue weighted by molar-refractivity contribution is 0.0594. The summed E-state index contributed by atoms with van der Waals surface area (Å²) in [6.07, 6.45) is 5.39. The van der Waals surface area contributed by atoms with Crippen LogP contribution in [0, 0.1) is 6.92 Å². The second-order valence-corrected chi connectivity index (χ2v) is 6.91. The number of esters is 1. The van der Waals surface area contributed by atoms with Crippen LogP contribution in [0.3, 0.4) is 0 Å². The number of aromatic nitrogens is 7. The molecule has 3 heterocycles. The highest BCUT2D eigenvalue weighted by Crippen LogP contribution is 2.26. The molecule has 1 unspecified atom stereocenters. The first-order chi connectivity index (χ1) is 15.5. The molecule has 1 aliphatic rings. The molecule has 3 aromatic rings. The Morgan fingerprint density at radius 1 is 1.28 bits per heavy atom. The van der Waals surface area contributed by atoms with Gasteiger partial charge in [0.15, 0.2) is 11.5 Å². The average Bonchev–Trinajstić information content (AvgIpc) is 3.45. The predicted molar refractivity (Wildman–Crippen MR) is 106 cm³/mol. The van der Waals surface area contributed by atoms with Crippen LogP contribution in [0.15, 0.2) is 48.5 Å². The van der Waals surface area contributed by atoms with Crippen molar-refractivity contribution in [3.8, 4) is 11.7 Å². The van der Waals surface area contributed by atoms with Gasteiger partial charge in [0.25, 0.3) is 6.43 Å². The van der Waals surface area contributed by atoms with Crippen LogP contribution in [-0.4, -0.2) is 54.2 Å². The van der Waals surface area contributed by atoms with E-state index >= 15 is 0 Å². The number of imidazole rings is 1. The van der Waals surface area contributed by atoms with Crippen molar-refractivity contribution in [3.05, 3.63) is 65.5 Å². The van der Waals surface area contributed by atoms with Gasteiger partial charge < -0.3 is 9.47 Å². The quantitative estimate of drug-likeness (QED) is 0.513. The van der Waals surface area contributed by atoms with E-state index in [1.54, 1.807) is 29.8 Å². The molecule has 4 rings (SSSR count). The van der Waals surface area contributed by atoms with E-state index in [0.29, 0.717) is 23.6 Å². The van der Waals surface area contributed by atoms with Gasteiger partial charge in [0.05, 0.1) is 24.5 Å². The lowest BCUT2D eigenvalue weighted by atomic mass is 10.0. The highest BCUT2D eigenvalue weighted by molar-refractivity contribution is 5.86. The number of aryl methyl sites for hydroxylation is 1. The summed E-state index contributed by atoms with van der Waals surface area (Å²) >= 11 is 0. The van der Waals surface area contributed by atoms with Gasteiger partial charge in [-0.25, -0.2) is 23.2 Å². The van der Waals surface area contributed by atoms with Crippen LogP contribution in [0.25, 0.3) is 5.82 Å². The number of alkyl halides is 2. The Bertz CT molecular complexity index is 1170. The highest BCUT2D eigenvalue weighted by Gasteiger charge is 2.21. The zero-order valence-electron chi connectivity index (χ0n) is 17.2. The van der Waals surface area contributed by atoms with Gasteiger partial charge in [0.2, 0.25) is 5.88 Å². The first-order valence-corrected chi connectivity index (χ1v) is 9.62. The van der Waals surface area contributed by atoms with Crippen LogP contribution < -0.4 is 4.74 Å². The van der Waals surface area contributed by atoms with E-state index < -0.39 is 12.4 Å². The van der Waals surface area contributed by atoms with Crippen LogP contribution in [0.4, 0.5) is 8.78 Å². The summed E-state index contributed by atoms with van der Waals surface area (Å²) in [6.45, 7) is 1.92. The van der Waals surface area contributed by atoms with Crippen molar-refractivity contribution in [2.24, 2.45) is 0 Å². The third kappa shape index (κ3) is 4.38. The number of ether oxygens (including phenoxy) is 2. The molecule has 166 valence electrons. The lowest BCUT2D eigenvalue weighted by Gasteiger charge is -2.18. The average molecular weight is 443 g/mol. The van der Waals surface area contributed by atoms with E-state index in [0.717, 1.165) is 0 Å². The minimum atomic E-state index is -2.50. The van der Waals surface area contributed by atoms with Crippen molar-refractivity contribution in [1.29, 1.82) is 0 Å². The van der Waals surface area contributed by atoms with Gasteiger partial charge in [-0.3, -0.25) is 4.57 Å². The summed E-state index contributed by atoms with van der Waals surface area (Å²) in [6, 6.07) is 3.06. The second-order valence-electron chi connectivity index (χ2n) is 6.91. The van der Waals surface area contributed by atoms with Crippen molar-refractivity contribution in [3.63, 3.8) is 0 Å². The molecule has 12 heteroatoms. The summed E-state index contributed by atoms with van der Waals surface area (Å²) in [5.74, 6) is 0.163. The molecule has 0 fully saturated rings. The van der Waals surface area contributed by atoms with Gasteiger partial charge in [0, 0.05) is 17.8 Å². The monoisotopic (exact) mass is 443 g/mol. The van der Waals surface area contributed by atoms with Crippen molar-refractivity contribution < 1.29 is 23.0 Å². The molecule has 0 aliphatic heterocycles. The lowest BCUT2D eigenvalue weighted by Crippen LogP contribution is -2.16. The van der Waals surface area contributed by atoms with E-state index in [9.17, 15) is 13.6 Å². The first kappa shape index (κ1) is 21.3. The SMILES string of the molecule is COC(=O)c1cn(-c2ccc(OCc3c(C)nnn3C3C=CC(C(F)F)=CC3)nn2)cn1. The van der Waals surface area contributed by atoms with Gasteiger partial charge in [-0.15, -0.1) is 15.3 Å². The fourth-order valence-corrected chi connectivity index (χ4v) is 3.13. The summed E-state index contributed by atoms with van der Waals surface area (Å²) in [5.41, 5.74) is 1.53. The van der Waals surface area contributed by atoms with E-state index in [1.165, 1.54) is 36.4 Å². The van der Waals surface area contributed by atoms with Crippen molar-refractivity contribution in [2.75, 3.05) is 7.11 Å². The predicted octanol–water partition coefficient (Wildman–Crippen LogP) is 2.62. The fourth-order valence-electron chi connectivity index (χ4n) is 3.13. The minimum Gasteiger partial charge on any atom is -0.470 e. The highest BCUT2D eigenvalue weighted by atomic mass is 19.3. The van der Waals surface area contributed by atoms with Crippen LogP contribution in [0.2, 0.25) is 0 Å². The van der Waals surface area contributed by atoms with Crippen molar-refractivity contribution in [2.45, 2.75) is 32.4 Å². The summed E-state index contributed by atoms with van der Waals surface area (Å²) in [7, 11) is 1.28. The third-order valence-corrected chi connectivity index (χ3v) is 4.88. The summed E-state index contributed by atoms with van der Waals surface area (Å²) in [5, 5.41) is 16.3. The van der Waals surface area contributed by atoms with Crippen LogP contribution in [0.5, 0.6) is 5.88 Å². The molecule has 1 atom stereocenters. The molecule has 32 heavy (non-hydrogen) atoms. The zero-order chi connectivity index (χ0) is 22.7. The smallest absolute Gasteiger partial charge is 0.358 e. The summed E-state index contributed by atoms with van der Waals surface area (Å²) in [4.78, 5) is 15.5. The second kappa shape index (κ2) is 9.04. The van der Waals surface area contributed by atoms with Gasteiger partial charge in [-0.1, -0.05) is 23.4 Å². The minimum absolute atomic E-state index is 0.00264. The molecule has 0 N–H and O–H groups in total. The molecule has 3 aromatic heterocycles. The van der Waals surface area contributed by atoms with Crippen LogP contribution in [-0.2, 0) is 11.3 Å². The van der Waals surface area contributed by atoms with E-state index in [1.807, 2.05) is 0 Å². The molecule has 0 amide bonds. The topological polar surface area (TPSA) is 110 Å². The molecule has 0 spiro atoms. The number of nitrogens with zero attached hydrogens (tertiary/aromatic N) is 7. The van der Waals surface area contributed by atoms with Crippen LogP contribution in [0.1, 0.15) is 34.3 Å². The molecule has 0 saturated carbocycles. The third-order valence-electron chi connectivity index (χ3n) is 4.88. The molecular weight excluding hydrogens is 424 g/mol. The normalized spacial score (nSPS) is 15.7. The molecule has 10 nitrogen and oxygen atoms in total. The first-order valence-electron chi connectivity index (χ1n) is 9.62. The largest absolute Gasteiger partial charge is 0.470 e. The molecule has 0 radical (unpaired) electrons. The van der Waals surface area contributed by atoms with Crippen molar-refractivity contribution >= 4 is 5.97 Å². The Morgan fingerprint density at radius 2 is 2.12 bits per heavy atom. The van der Waals surface area contributed by atoms with Crippen molar-refractivity contribution in [1.82, 2.24) is 34.7 Å². The van der Waals surface area contributed by atoms with Gasteiger partial charge >= 0.3 is 5.97 Å². The molecule has 0 aromatic carbocycles. The Balaban J connectivity index is 1.43. The van der Waals surface area contributed by atoms with E-state index in [4.69, 9.17) is 4.74 Å². The Labute approximate surface area is 181 Å². The number of hydrogen-bond acceptors (Lipinski definition) is 8. The Kier molecular flexibility index (Phi) is 6.01. The number of allylic oxidation sites excluding steroid dienone is 4. The van der Waals surface area contributed by atoms with Gasteiger partial charge in [0.1, 0.15) is 12.9 Å². The zero-order valence-corrected chi connectivity index (χ0v) is 17.2. The van der Waals surface area contributed by atoms with Gasteiger partial charge in [-0.2, -0.15) is 0 Å². The van der Waals surface area contributed by atoms with E-state index in [-0.39, 0.29) is 29.8 Å². The van der Waals surface area contributed by atoms with E-state index in [2.05, 4.69) is 30.2 Å². The maximum atomic E-state index is 12.8. The fraction of sp³-hybridized carbons (Fsp3) is 0.300. The Hall–Kier alpha value is -3.96. The number of hydrogen-bond donors (Lipinski definition) is 0. The number of halogens is 2. The number of carbonyl (C=O) groups is 1. The number of carbonyl (C=O) groups excluding carboxylic acids is 1. The van der Waals surface area contributed by atoms with Gasteiger partial charge in [-0.05, 0) is 19.4 Å². The molecule has 0 saturated heterocycles. The standard InChI is InChI=1S/C20H19F2N7O3/c1-12-16(29(27-24-12)14-5-3-13(4-6-14)19(21)22)10-32-18-8-7-17(25-26-18)28-9-15(23-11-28)20(30)31-2/h3-5,7-9,11,14,19H,6,10H2,1-2H3. The molecular formula is C20H19F2N7O3. The van der Waals surface area contributed by atoms with Crippen LogP contribution >= 0.6 is 0 Å². The number of rotatable bonds is 7. The molecule has 1 aliphatic carbocycles. The Morgan fingerprint density at radius 3 is 2.78 bits per heavy atom. The molecule has 0 bridgehead atoms. The maximum absolute atomic E-state index is 12.8.